The van der Waals surface area contributed by atoms with Gasteiger partial charge in [0.05, 0.1) is 13.2 Å². The fourth-order valence-corrected chi connectivity index (χ4v) is 3.86. The van der Waals surface area contributed by atoms with Gasteiger partial charge >= 0.3 is 12.1 Å². The van der Waals surface area contributed by atoms with Gasteiger partial charge in [-0.1, -0.05) is 60.7 Å². The molecule has 0 spiro atoms. The summed E-state index contributed by atoms with van der Waals surface area (Å²) in [7, 11) is 0. The van der Waals surface area contributed by atoms with Crippen molar-refractivity contribution in [1.29, 1.82) is 0 Å². The van der Waals surface area contributed by atoms with Crippen molar-refractivity contribution >= 4 is 12.1 Å². The lowest BCUT2D eigenvalue weighted by atomic mass is 10.1. The number of amides is 1. The zero-order valence-corrected chi connectivity index (χ0v) is 22.6. The summed E-state index contributed by atoms with van der Waals surface area (Å²) in [5, 5.41) is 2.74. The number of carbonyl (C=O) groups excluding carboxylic acids is 2. The maximum absolute atomic E-state index is 13.2. The monoisotopic (exact) mass is 513 g/mol. The Bertz CT molecular complexity index is 998. The van der Waals surface area contributed by atoms with E-state index in [4.69, 9.17) is 23.7 Å². The van der Waals surface area contributed by atoms with E-state index in [1.54, 1.807) is 41.5 Å². The zero-order chi connectivity index (χ0) is 27.1. The maximum atomic E-state index is 13.2. The van der Waals surface area contributed by atoms with Crippen LogP contribution < -0.4 is 5.32 Å². The van der Waals surface area contributed by atoms with Crippen LogP contribution in [0, 0.1) is 0 Å². The minimum absolute atomic E-state index is 0.0683. The predicted octanol–water partition coefficient (Wildman–Crippen LogP) is 4.79. The van der Waals surface area contributed by atoms with E-state index in [1.807, 2.05) is 60.7 Å². The first-order valence-electron chi connectivity index (χ1n) is 12.6. The highest BCUT2D eigenvalue weighted by Gasteiger charge is 2.51. The van der Waals surface area contributed by atoms with Gasteiger partial charge in [-0.25, -0.2) is 9.59 Å². The molecular weight excluding hydrogens is 474 g/mol. The Balaban J connectivity index is 1.82. The van der Waals surface area contributed by atoms with Gasteiger partial charge in [0.1, 0.15) is 29.5 Å². The van der Waals surface area contributed by atoms with Gasteiger partial charge in [-0.05, 0) is 52.7 Å². The van der Waals surface area contributed by atoms with E-state index >= 15 is 0 Å². The number of carbonyl (C=O) groups is 2. The van der Waals surface area contributed by atoms with Gasteiger partial charge in [0.25, 0.3) is 0 Å². The smallest absolute Gasteiger partial charge is 0.407 e. The molecule has 0 aromatic heterocycles. The molecule has 1 heterocycles. The van der Waals surface area contributed by atoms with E-state index < -0.39 is 47.7 Å². The van der Waals surface area contributed by atoms with Gasteiger partial charge in [-0.15, -0.1) is 0 Å². The molecule has 0 aliphatic carbocycles. The third-order valence-electron chi connectivity index (χ3n) is 5.37. The van der Waals surface area contributed by atoms with Crippen molar-refractivity contribution in [3.05, 3.63) is 71.8 Å². The highest BCUT2D eigenvalue weighted by molar-refractivity contribution is 5.76. The Morgan fingerprint density at radius 1 is 0.757 bits per heavy atom. The van der Waals surface area contributed by atoms with Crippen LogP contribution in [0.2, 0.25) is 0 Å². The van der Waals surface area contributed by atoms with E-state index in [0.29, 0.717) is 0 Å². The summed E-state index contributed by atoms with van der Waals surface area (Å²) >= 11 is 0. The second-order valence-electron chi connectivity index (χ2n) is 11.0. The first kappa shape index (κ1) is 28.6. The summed E-state index contributed by atoms with van der Waals surface area (Å²) in [6, 6.07) is 19.4. The van der Waals surface area contributed by atoms with Crippen molar-refractivity contribution in [2.24, 2.45) is 0 Å². The van der Waals surface area contributed by atoms with Crippen LogP contribution >= 0.6 is 0 Å². The van der Waals surface area contributed by atoms with Gasteiger partial charge < -0.3 is 29.0 Å². The Kier molecular flexibility index (Phi) is 9.70. The number of esters is 1. The molecule has 1 N–H and O–H groups in total. The predicted molar refractivity (Wildman–Crippen MR) is 139 cm³/mol. The second-order valence-corrected chi connectivity index (χ2v) is 11.0. The maximum Gasteiger partial charge on any atom is 0.407 e. The number of nitrogens with one attached hydrogen (secondary N) is 1. The molecule has 1 aliphatic rings. The molecule has 8 nitrogen and oxygen atoms in total. The molecule has 0 radical (unpaired) electrons. The van der Waals surface area contributed by atoms with Crippen molar-refractivity contribution < 1.29 is 33.3 Å². The summed E-state index contributed by atoms with van der Waals surface area (Å²) in [5.41, 5.74) is 0.550. The van der Waals surface area contributed by atoms with Crippen molar-refractivity contribution in [2.45, 2.75) is 90.4 Å². The quantitative estimate of drug-likeness (QED) is 0.482. The first-order valence-corrected chi connectivity index (χ1v) is 12.6. The molecule has 37 heavy (non-hydrogen) atoms. The molecule has 8 heteroatoms. The van der Waals surface area contributed by atoms with Crippen LogP contribution in [0.4, 0.5) is 4.79 Å². The number of hydrogen-bond acceptors (Lipinski definition) is 7. The standard InChI is InChI=1S/C29H39NO7/c1-28(2,3)36-26(31)25-24(34-19-21-15-11-8-12-16-21)23(33-18-20-13-9-7-10-14-20)22(35-25)17-30-27(32)37-29(4,5)6/h7-16,22-25H,17-19H2,1-6H3,(H,30,32)/t22-,23-,24+,25-/m1/s1. The fraction of sp³-hybridized carbons (Fsp3) is 0.517. The number of rotatable bonds is 9. The van der Waals surface area contributed by atoms with Crippen LogP contribution in [-0.2, 0) is 41.7 Å². The molecule has 4 atom stereocenters. The Hall–Kier alpha value is -2.94. The molecule has 1 aliphatic heterocycles. The molecule has 0 saturated carbocycles. The highest BCUT2D eigenvalue weighted by Crippen LogP contribution is 2.30. The largest absolute Gasteiger partial charge is 0.458 e. The molecule has 0 unspecified atom stereocenters. The SMILES string of the molecule is CC(C)(C)OC(=O)NC[C@H]1O[C@@H](C(=O)OC(C)(C)C)[C@@H](OCc2ccccc2)[C@@H]1OCc1ccccc1. The topological polar surface area (TPSA) is 92.3 Å². The highest BCUT2D eigenvalue weighted by atomic mass is 16.6. The van der Waals surface area contributed by atoms with Gasteiger partial charge in [0.2, 0.25) is 0 Å². The van der Waals surface area contributed by atoms with E-state index in [9.17, 15) is 9.59 Å². The number of hydrogen-bond donors (Lipinski definition) is 1. The van der Waals surface area contributed by atoms with E-state index in [-0.39, 0.29) is 19.8 Å². The Morgan fingerprint density at radius 3 is 1.73 bits per heavy atom. The molecule has 1 saturated heterocycles. The minimum Gasteiger partial charge on any atom is -0.458 e. The van der Waals surface area contributed by atoms with Crippen molar-refractivity contribution in [1.82, 2.24) is 5.32 Å². The van der Waals surface area contributed by atoms with Gasteiger partial charge in [-0.2, -0.15) is 0 Å². The average Bonchev–Trinajstić information content (AvgIpc) is 3.17. The lowest BCUT2D eigenvalue weighted by Crippen LogP contribution is -2.44. The Labute approximate surface area is 219 Å². The molecular formula is C29H39NO7. The van der Waals surface area contributed by atoms with E-state index in [2.05, 4.69) is 5.32 Å². The average molecular weight is 514 g/mol. The van der Waals surface area contributed by atoms with Crippen LogP contribution in [-0.4, -0.2) is 54.2 Å². The van der Waals surface area contributed by atoms with Crippen molar-refractivity contribution in [3.8, 4) is 0 Å². The third kappa shape index (κ3) is 9.46. The van der Waals surface area contributed by atoms with Crippen LogP contribution in [0.1, 0.15) is 52.7 Å². The van der Waals surface area contributed by atoms with Gasteiger partial charge in [0.15, 0.2) is 6.10 Å². The molecule has 3 rings (SSSR count). The molecule has 202 valence electrons. The lowest BCUT2D eigenvalue weighted by molar-refractivity contribution is -0.174. The summed E-state index contributed by atoms with van der Waals surface area (Å²) in [6.07, 6.45) is -3.70. The van der Waals surface area contributed by atoms with E-state index in [1.165, 1.54) is 0 Å². The summed E-state index contributed by atoms with van der Waals surface area (Å²) in [4.78, 5) is 25.5. The molecule has 2 aromatic carbocycles. The third-order valence-corrected chi connectivity index (χ3v) is 5.37. The second kappa shape index (κ2) is 12.5. The summed E-state index contributed by atoms with van der Waals surface area (Å²) < 4.78 is 29.7. The van der Waals surface area contributed by atoms with Crippen LogP contribution in [0.15, 0.2) is 60.7 Å². The van der Waals surface area contributed by atoms with Crippen LogP contribution in [0.5, 0.6) is 0 Å². The number of alkyl carbamates (subject to hydrolysis) is 1. The summed E-state index contributed by atoms with van der Waals surface area (Å²) in [5.74, 6) is -0.543. The lowest BCUT2D eigenvalue weighted by Gasteiger charge is -2.26. The number of ether oxygens (including phenoxy) is 5. The van der Waals surface area contributed by atoms with Crippen LogP contribution in [0.25, 0.3) is 0 Å². The molecule has 1 fully saturated rings. The van der Waals surface area contributed by atoms with Crippen molar-refractivity contribution in [2.75, 3.05) is 6.54 Å². The molecule has 0 bridgehead atoms. The fourth-order valence-electron chi connectivity index (χ4n) is 3.86. The first-order chi connectivity index (χ1) is 17.4. The summed E-state index contributed by atoms with van der Waals surface area (Å²) in [6.45, 7) is 11.4. The zero-order valence-electron chi connectivity index (χ0n) is 22.6. The molecule has 2 aromatic rings. The normalized spacial score (nSPS) is 21.9. The molecule has 1 amide bonds. The van der Waals surface area contributed by atoms with Crippen LogP contribution in [0.3, 0.4) is 0 Å². The van der Waals surface area contributed by atoms with Gasteiger partial charge in [-0.3, -0.25) is 0 Å². The minimum atomic E-state index is -1.03. The Morgan fingerprint density at radius 2 is 1.24 bits per heavy atom. The van der Waals surface area contributed by atoms with E-state index in [0.717, 1.165) is 11.1 Å². The van der Waals surface area contributed by atoms with Gasteiger partial charge in [0, 0.05) is 6.54 Å². The van der Waals surface area contributed by atoms with Crippen molar-refractivity contribution in [3.63, 3.8) is 0 Å². The number of benzene rings is 2.